The lowest BCUT2D eigenvalue weighted by atomic mass is 9.83. The molecule has 1 saturated heterocycles. The number of halogens is 1. The molecule has 1 heterocycles. The molecule has 1 aliphatic heterocycles. The molecule has 1 N–H and O–H groups in total. The Balaban J connectivity index is 1.76. The Morgan fingerprint density at radius 3 is 2.48 bits per heavy atom. The van der Waals surface area contributed by atoms with E-state index in [-0.39, 0.29) is 13.0 Å². The van der Waals surface area contributed by atoms with Gasteiger partial charge in [-0.05, 0) is 63.3 Å². The van der Waals surface area contributed by atoms with Crippen LogP contribution in [0, 0.1) is 0 Å². The number of hydrogen-bond donors (Lipinski definition) is 1. The zero-order valence-corrected chi connectivity index (χ0v) is 18.1. The Hall–Kier alpha value is -1.95. The summed E-state index contributed by atoms with van der Waals surface area (Å²) in [5.41, 5.74) is 0.392. The van der Waals surface area contributed by atoms with Crippen LogP contribution in [-0.2, 0) is 9.53 Å². The molecule has 0 bridgehead atoms. The molecular formula is C22H30ClNO5. The molecule has 2 unspecified atom stereocenters. The van der Waals surface area contributed by atoms with Crippen LogP contribution in [0.2, 0.25) is 5.02 Å². The van der Waals surface area contributed by atoms with Gasteiger partial charge < -0.3 is 14.6 Å². The smallest absolute Gasteiger partial charge is 0.411 e. The van der Waals surface area contributed by atoms with E-state index in [0.717, 1.165) is 24.2 Å². The van der Waals surface area contributed by atoms with E-state index in [1.165, 1.54) is 24.2 Å². The lowest BCUT2D eigenvalue weighted by molar-refractivity contribution is -0.142. The Labute approximate surface area is 177 Å². The maximum atomic E-state index is 12.5. The van der Waals surface area contributed by atoms with Crippen molar-refractivity contribution in [3.05, 3.63) is 28.8 Å². The van der Waals surface area contributed by atoms with Crippen molar-refractivity contribution in [3.63, 3.8) is 0 Å². The average molecular weight is 424 g/mol. The molecule has 0 radical (unpaired) electrons. The zero-order chi connectivity index (χ0) is 21.2. The van der Waals surface area contributed by atoms with Gasteiger partial charge in [-0.15, -0.1) is 0 Å². The van der Waals surface area contributed by atoms with Gasteiger partial charge in [0, 0.05) is 11.4 Å². The quantitative estimate of drug-likeness (QED) is 0.717. The highest BCUT2D eigenvalue weighted by molar-refractivity contribution is 6.30. The molecule has 160 valence electrons. The maximum Gasteiger partial charge on any atom is 0.411 e. The third-order valence-corrected chi connectivity index (χ3v) is 5.72. The Morgan fingerprint density at radius 2 is 1.86 bits per heavy atom. The van der Waals surface area contributed by atoms with E-state index in [0.29, 0.717) is 10.9 Å². The fourth-order valence-corrected chi connectivity index (χ4v) is 4.36. The first-order valence-electron chi connectivity index (χ1n) is 10.3. The molecule has 3 rings (SSSR count). The van der Waals surface area contributed by atoms with Crippen molar-refractivity contribution in [1.29, 1.82) is 0 Å². The Morgan fingerprint density at radius 1 is 1.17 bits per heavy atom. The number of carbonyl (C=O) groups is 2. The van der Waals surface area contributed by atoms with Gasteiger partial charge in [0.05, 0.1) is 6.54 Å². The molecule has 1 amide bonds. The Bertz CT molecular complexity index is 754. The summed E-state index contributed by atoms with van der Waals surface area (Å²) in [5.74, 6) is 0.0862. The summed E-state index contributed by atoms with van der Waals surface area (Å²) in [6, 6.07) is 4.65. The summed E-state index contributed by atoms with van der Waals surface area (Å²) in [6.07, 6.45) is 5.02. The number of nitrogens with zero attached hydrogens (tertiary/aromatic N) is 1. The summed E-state index contributed by atoms with van der Waals surface area (Å²) in [5, 5.41) is 10.3. The predicted molar refractivity (Wildman–Crippen MR) is 111 cm³/mol. The first kappa shape index (κ1) is 21.8. The molecule has 7 heteroatoms. The summed E-state index contributed by atoms with van der Waals surface area (Å²) < 4.78 is 11.6. The van der Waals surface area contributed by atoms with E-state index >= 15 is 0 Å². The maximum absolute atomic E-state index is 12.5. The minimum atomic E-state index is -1.05. The number of carboxylic acids is 1. The Kier molecular flexibility index (Phi) is 6.62. The van der Waals surface area contributed by atoms with Gasteiger partial charge in [0.1, 0.15) is 23.5 Å². The normalized spacial score (nSPS) is 23.1. The van der Waals surface area contributed by atoms with Crippen molar-refractivity contribution in [3.8, 4) is 5.75 Å². The van der Waals surface area contributed by atoms with E-state index < -0.39 is 29.8 Å². The number of benzene rings is 1. The number of carboxylic acid groups (broad SMARTS) is 1. The monoisotopic (exact) mass is 423 g/mol. The molecular weight excluding hydrogens is 394 g/mol. The lowest BCUT2D eigenvalue weighted by Crippen LogP contribution is -2.43. The van der Waals surface area contributed by atoms with Crippen LogP contribution in [0.4, 0.5) is 4.79 Å². The van der Waals surface area contributed by atoms with E-state index in [4.69, 9.17) is 21.1 Å². The van der Waals surface area contributed by atoms with Crippen LogP contribution in [0.15, 0.2) is 18.2 Å². The van der Waals surface area contributed by atoms with E-state index in [1.807, 2.05) is 12.1 Å². The van der Waals surface area contributed by atoms with Crippen molar-refractivity contribution in [1.82, 2.24) is 4.90 Å². The topological polar surface area (TPSA) is 76.1 Å². The average Bonchev–Trinajstić information content (AvgIpc) is 3.07. The first-order valence-corrected chi connectivity index (χ1v) is 10.7. The molecule has 1 aromatic carbocycles. The largest absolute Gasteiger partial charge is 0.488 e. The molecule has 2 atom stereocenters. The van der Waals surface area contributed by atoms with Crippen molar-refractivity contribution < 1.29 is 24.2 Å². The number of rotatable bonds is 4. The molecule has 29 heavy (non-hydrogen) atoms. The van der Waals surface area contributed by atoms with Crippen LogP contribution in [0.3, 0.4) is 0 Å². The van der Waals surface area contributed by atoms with Gasteiger partial charge in [-0.2, -0.15) is 0 Å². The van der Waals surface area contributed by atoms with Crippen LogP contribution < -0.4 is 4.74 Å². The van der Waals surface area contributed by atoms with Crippen molar-refractivity contribution in [2.45, 2.75) is 83.0 Å². The van der Waals surface area contributed by atoms with Crippen LogP contribution in [0.5, 0.6) is 5.75 Å². The van der Waals surface area contributed by atoms with Gasteiger partial charge in [-0.25, -0.2) is 9.59 Å². The van der Waals surface area contributed by atoms with Crippen LogP contribution >= 0.6 is 11.6 Å². The number of hydrogen-bond acceptors (Lipinski definition) is 4. The molecule has 2 fully saturated rings. The third kappa shape index (κ3) is 5.56. The molecule has 6 nitrogen and oxygen atoms in total. The fraction of sp³-hybridized carbons (Fsp3) is 0.636. The minimum absolute atomic E-state index is 0.179. The molecule has 0 spiro atoms. The fourth-order valence-electron chi connectivity index (χ4n) is 4.18. The van der Waals surface area contributed by atoms with Gasteiger partial charge in [0.15, 0.2) is 0 Å². The predicted octanol–water partition coefficient (Wildman–Crippen LogP) is 5.23. The minimum Gasteiger partial charge on any atom is -0.488 e. The van der Waals surface area contributed by atoms with Crippen LogP contribution in [0.25, 0.3) is 0 Å². The highest BCUT2D eigenvalue weighted by Gasteiger charge is 2.43. The molecule has 1 aromatic rings. The summed E-state index contributed by atoms with van der Waals surface area (Å²) in [4.78, 5) is 25.5. The SMILES string of the molecule is CC(C)(C)OC(=O)N1CC(Oc2ccc(Cl)cc2C2CCCCC2)CC1C(=O)O. The standard InChI is InChI=1S/C22H30ClNO5/c1-22(2,3)29-21(27)24-13-16(12-18(24)20(25)26)28-19-10-9-15(23)11-17(19)14-7-5-4-6-8-14/h9-11,14,16,18H,4-8,12-13H2,1-3H3,(H,25,26). The summed E-state index contributed by atoms with van der Waals surface area (Å²) >= 11 is 6.24. The molecule has 0 aromatic heterocycles. The number of likely N-dealkylation sites (tertiary alicyclic amines) is 1. The van der Waals surface area contributed by atoms with Crippen molar-refractivity contribution in [2.24, 2.45) is 0 Å². The van der Waals surface area contributed by atoms with Gasteiger partial charge in [0.2, 0.25) is 0 Å². The lowest BCUT2D eigenvalue weighted by Gasteiger charge is -2.27. The van der Waals surface area contributed by atoms with Crippen molar-refractivity contribution in [2.75, 3.05) is 6.54 Å². The number of amides is 1. The molecule has 1 saturated carbocycles. The van der Waals surface area contributed by atoms with E-state index in [2.05, 4.69) is 0 Å². The molecule has 2 aliphatic rings. The highest BCUT2D eigenvalue weighted by Crippen LogP contribution is 2.39. The second-order valence-corrected chi connectivity index (χ2v) is 9.42. The summed E-state index contributed by atoms with van der Waals surface area (Å²) in [6.45, 7) is 5.46. The number of aliphatic carboxylic acids is 1. The first-order chi connectivity index (χ1) is 13.6. The van der Waals surface area contributed by atoms with E-state index in [1.54, 1.807) is 26.8 Å². The van der Waals surface area contributed by atoms with Gasteiger partial charge >= 0.3 is 12.1 Å². The second-order valence-electron chi connectivity index (χ2n) is 8.98. The molecule has 1 aliphatic carbocycles. The van der Waals surface area contributed by atoms with Crippen molar-refractivity contribution >= 4 is 23.7 Å². The number of ether oxygens (including phenoxy) is 2. The van der Waals surface area contributed by atoms with Crippen LogP contribution in [-0.4, -0.2) is 46.4 Å². The van der Waals surface area contributed by atoms with E-state index in [9.17, 15) is 14.7 Å². The zero-order valence-electron chi connectivity index (χ0n) is 17.3. The third-order valence-electron chi connectivity index (χ3n) is 5.49. The van der Waals surface area contributed by atoms with Gasteiger partial charge in [0.25, 0.3) is 0 Å². The second kappa shape index (κ2) is 8.82. The number of carbonyl (C=O) groups excluding carboxylic acids is 1. The highest BCUT2D eigenvalue weighted by atomic mass is 35.5. The summed E-state index contributed by atoms with van der Waals surface area (Å²) in [7, 11) is 0. The van der Waals surface area contributed by atoms with Gasteiger partial charge in [-0.3, -0.25) is 4.90 Å². The van der Waals surface area contributed by atoms with Crippen LogP contribution in [0.1, 0.15) is 70.8 Å². The van der Waals surface area contributed by atoms with Gasteiger partial charge in [-0.1, -0.05) is 30.9 Å².